The summed E-state index contributed by atoms with van der Waals surface area (Å²) < 4.78 is 28.4. The highest BCUT2D eigenvalue weighted by Crippen LogP contribution is 2.23. The Morgan fingerprint density at radius 1 is 1.00 bits per heavy atom. The van der Waals surface area contributed by atoms with Crippen LogP contribution in [0, 0.1) is 18.6 Å². The van der Waals surface area contributed by atoms with Gasteiger partial charge in [0.15, 0.2) is 0 Å². The number of amides is 1. The fourth-order valence-electron chi connectivity index (χ4n) is 1.76. The lowest BCUT2D eigenvalue weighted by molar-refractivity contribution is 0.101. The molecule has 2 aromatic rings. The monoisotopic (exact) mass is 403 g/mol. The van der Waals surface area contributed by atoms with Crippen LogP contribution in [0.4, 0.5) is 14.5 Å². The van der Waals surface area contributed by atoms with Crippen LogP contribution < -0.4 is 5.32 Å². The molecule has 0 bridgehead atoms. The number of hydrogen-bond donors (Lipinski definition) is 1. The molecule has 0 aliphatic heterocycles. The van der Waals surface area contributed by atoms with E-state index in [0.29, 0.717) is 5.69 Å². The third kappa shape index (κ3) is 3.43. The molecule has 0 fully saturated rings. The summed E-state index contributed by atoms with van der Waals surface area (Å²) in [7, 11) is 0. The fraction of sp³-hybridized carbons (Fsp3) is 0.0714. The van der Waals surface area contributed by atoms with E-state index in [9.17, 15) is 13.6 Å². The normalized spacial score (nSPS) is 10.4. The first-order valence-electron chi connectivity index (χ1n) is 5.60. The summed E-state index contributed by atoms with van der Waals surface area (Å²) in [6.07, 6.45) is 0. The summed E-state index contributed by atoms with van der Waals surface area (Å²) in [6, 6.07) is 7.31. The van der Waals surface area contributed by atoms with Crippen molar-refractivity contribution < 1.29 is 13.6 Å². The van der Waals surface area contributed by atoms with Crippen LogP contribution in [-0.4, -0.2) is 5.91 Å². The molecule has 0 aliphatic carbocycles. The number of carbonyl (C=O) groups is 1. The van der Waals surface area contributed by atoms with Gasteiger partial charge in [-0.15, -0.1) is 0 Å². The molecule has 0 spiro atoms. The zero-order chi connectivity index (χ0) is 14.9. The van der Waals surface area contributed by atoms with Crippen molar-refractivity contribution in [1.82, 2.24) is 0 Å². The van der Waals surface area contributed by atoms with Crippen molar-refractivity contribution in [3.63, 3.8) is 0 Å². The van der Waals surface area contributed by atoms with Gasteiger partial charge in [-0.05, 0) is 42.8 Å². The van der Waals surface area contributed by atoms with Gasteiger partial charge in [-0.2, -0.15) is 0 Å². The van der Waals surface area contributed by atoms with E-state index in [1.807, 2.05) is 13.0 Å². The summed E-state index contributed by atoms with van der Waals surface area (Å²) in [5.41, 5.74) is 0.765. The largest absolute Gasteiger partial charge is 0.322 e. The van der Waals surface area contributed by atoms with Crippen molar-refractivity contribution >= 4 is 43.5 Å². The molecular weight excluding hydrogens is 396 g/mol. The summed E-state index contributed by atoms with van der Waals surface area (Å²) in [5, 5.41) is 2.48. The molecule has 0 unspecified atom stereocenters. The first-order valence-corrected chi connectivity index (χ1v) is 7.18. The molecular formula is C14H9Br2F2NO. The Morgan fingerprint density at radius 2 is 1.55 bits per heavy atom. The number of hydrogen-bond acceptors (Lipinski definition) is 1. The van der Waals surface area contributed by atoms with Gasteiger partial charge < -0.3 is 5.32 Å². The van der Waals surface area contributed by atoms with Crippen LogP contribution in [0.2, 0.25) is 0 Å². The number of aryl methyl sites for hydroxylation is 1. The number of carbonyl (C=O) groups excluding carboxylic acids is 1. The third-order valence-electron chi connectivity index (χ3n) is 2.53. The lowest BCUT2D eigenvalue weighted by atomic mass is 10.1. The van der Waals surface area contributed by atoms with Gasteiger partial charge in [0.05, 0.1) is 0 Å². The number of halogens is 4. The quantitative estimate of drug-likeness (QED) is 0.745. The van der Waals surface area contributed by atoms with E-state index < -0.39 is 23.1 Å². The zero-order valence-corrected chi connectivity index (χ0v) is 13.5. The van der Waals surface area contributed by atoms with E-state index in [0.717, 1.165) is 22.2 Å². The minimum Gasteiger partial charge on any atom is -0.322 e. The van der Waals surface area contributed by atoms with Crippen molar-refractivity contribution in [1.29, 1.82) is 0 Å². The molecule has 1 N–H and O–H groups in total. The van der Waals surface area contributed by atoms with Crippen molar-refractivity contribution in [2.24, 2.45) is 0 Å². The van der Waals surface area contributed by atoms with E-state index in [1.165, 1.54) is 0 Å². The zero-order valence-electron chi connectivity index (χ0n) is 10.3. The van der Waals surface area contributed by atoms with Crippen molar-refractivity contribution in [3.05, 3.63) is 62.0 Å². The number of rotatable bonds is 2. The molecule has 0 aliphatic rings. The minimum atomic E-state index is -0.916. The maximum Gasteiger partial charge on any atom is 0.261 e. The maximum absolute atomic E-state index is 13.7. The topological polar surface area (TPSA) is 29.1 Å². The number of benzene rings is 2. The van der Waals surface area contributed by atoms with Gasteiger partial charge >= 0.3 is 0 Å². The number of nitrogens with one attached hydrogen (secondary N) is 1. The smallest absolute Gasteiger partial charge is 0.261 e. The van der Waals surface area contributed by atoms with E-state index in [4.69, 9.17) is 0 Å². The summed E-state index contributed by atoms with van der Waals surface area (Å²) in [5.74, 6) is -2.66. The number of anilines is 1. The van der Waals surface area contributed by atoms with E-state index >= 15 is 0 Å². The van der Waals surface area contributed by atoms with Gasteiger partial charge in [0.1, 0.15) is 17.2 Å². The predicted octanol–water partition coefficient (Wildman–Crippen LogP) is 5.05. The molecule has 0 heterocycles. The van der Waals surface area contributed by atoms with Crippen LogP contribution >= 0.6 is 31.9 Å². The standard InChI is InChI=1S/C14H9Br2F2NO/c1-7-2-8(15)4-10(3-7)19-14(20)13-11(17)5-9(16)6-12(13)18/h2-6H,1H3,(H,19,20). The molecule has 0 saturated carbocycles. The molecule has 0 atom stereocenters. The first-order chi connectivity index (χ1) is 9.36. The highest BCUT2D eigenvalue weighted by Gasteiger charge is 2.18. The Kier molecular flexibility index (Phi) is 4.55. The summed E-state index contributed by atoms with van der Waals surface area (Å²) in [4.78, 5) is 12.0. The molecule has 6 heteroatoms. The molecule has 0 aromatic heterocycles. The van der Waals surface area contributed by atoms with E-state index in [2.05, 4.69) is 37.2 Å². The van der Waals surface area contributed by atoms with Crippen LogP contribution in [0.5, 0.6) is 0 Å². The molecule has 2 aromatic carbocycles. The Hall–Kier alpha value is -1.27. The second-order valence-corrected chi connectivity index (χ2v) is 6.05. The fourth-order valence-corrected chi connectivity index (χ4v) is 2.77. The Labute approximate surface area is 131 Å². The average molecular weight is 405 g/mol. The Bertz CT molecular complexity index is 646. The predicted molar refractivity (Wildman–Crippen MR) is 80.9 cm³/mol. The molecule has 104 valence electrons. The lowest BCUT2D eigenvalue weighted by Gasteiger charge is -2.09. The van der Waals surface area contributed by atoms with Gasteiger partial charge in [0.2, 0.25) is 0 Å². The molecule has 2 rings (SSSR count). The van der Waals surface area contributed by atoms with Gasteiger partial charge in [0.25, 0.3) is 5.91 Å². The lowest BCUT2D eigenvalue weighted by Crippen LogP contribution is -2.16. The van der Waals surface area contributed by atoms with Crippen LogP contribution in [-0.2, 0) is 0 Å². The summed E-state index contributed by atoms with van der Waals surface area (Å²) in [6.45, 7) is 1.85. The second kappa shape index (κ2) is 6.01. The highest BCUT2D eigenvalue weighted by molar-refractivity contribution is 9.10. The highest BCUT2D eigenvalue weighted by atomic mass is 79.9. The molecule has 1 amide bonds. The third-order valence-corrected chi connectivity index (χ3v) is 3.45. The van der Waals surface area contributed by atoms with Crippen molar-refractivity contribution in [3.8, 4) is 0 Å². The minimum absolute atomic E-state index is 0.238. The van der Waals surface area contributed by atoms with Crippen molar-refractivity contribution in [2.45, 2.75) is 6.92 Å². The molecule has 20 heavy (non-hydrogen) atoms. The van der Waals surface area contributed by atoms with E-state index in [-0.39, 0.29) is 4.47 Å². The van der Waals surface area contributed by atoms with Crippen LogP contribution in [0.25, 0.3) is 0 Å². The summed E-state index contributed by atoms with van der Waals surface area (Å²) >= 11 is 6.26. The average Bonchev–Trinajstić information content (AvgIpc) is 2.25. The molecule has 2 nitrogen and oxygen atoms in total. The van der Waals surface area contributed by atoms with Gasteiger partial charge in [-0.3, -0.25) is 4.79 Å². The van der Waals surface area contributed by atoms with E-state index in [1.54, 1.807) is 12.1 Å². The second-order valence-electron chi connectivity index (χ2n) is 4.22. The van der Waals surface area contributed by atoms with Crippen LogP contribution in [0.3, 0.4) is 0 Å². The van der Waals surface area contributed by atoms with Crippen LogP contribution in [0.15, 0.2) is 39.3 Å². The Morgan fingerprint density at radius 3 is 2.10 bits per heavy atom. The van der Waals surface area contributed by atoms with Gasteiger partial charge in [-0.1, -0.05) is 31.9 Å². The van der Waals surface area contributed by atoms with Gasteiger partial charge in [0, 0.05) is 14.6 Å². The molecule has 0 radical (unpaired) electrons. The molecule has 0 saturated heterocycles. The van der Waals surface area contributed by atoms with Crippen molar-refractivity contribution in [2.75, 3.05) is 5.32 Å². The first kappa shape index (κ1) is 15.1. The SMILES string of the molecule is Cc1cc(Br)cc(NC(=O)c2c(F)cc(Br)cc2F)c1. The maximum atomic E-state index is 13.7. The van der Waals surface area contributed by atoms with Gasteiger partial charge in [-0.25, -0.2) is 8.78 Å². The van der Waals surface area contributed by atoms with Crippen LogP contribution in [0.1, 0.15) is 15.9 Å². The Balaban J connectivity index is 2.33.